The lowest BCUT2D eigenvalue weighted by Crippen LogP contribution is -2.53. The minimum absolute atomic E-state index is 0.0632. The molecule has 0 aromatic carbocycles. The molecule has 1 aromatic rings. The van der Waals surface area contributed by atoms with Crippen molar-refractivity contribution in [1.29, 1.82) is 0 Å². The number of rotatable bonds is 2. The van der Waals surface area contributed by atoms with E-state index in [2.05, 4.69) is 36.1 Å². The molecule has 0 saturated carbocycles. The molecule has 2 heterocycles. The average Bonchev–Trinajstić information content (AvgIpc) is 2.83. The van der Waals surface area contributed by atoms with Gasteiger partial charge in [0.2, 0.25) is 5.91 Å². The number of piperazine rings is 1. The Kier molecular flexibility index (Phi) is 3.95. The zero-order valence-corrected chi connectivity index (χ0v) is 12.3. The first-order chi connectivity index (χ1) is 9.79. The summed E-state index contributed by atoms with van der Waals surface area (Å²) in [6.07, 6.45) is 6.58. The molecule has 0 atom stereocenters. The number of allylic oxidation sites excluding steroid dienone is 2. The number of aromatic amines is 1. The van der Waals surface area contributed by atoms with Crippen LogP contribution in [-0.4, -0.2) is 33.3 Å². The third-order valence-electron chi connectivity index (χ3n) is 3.01. The normalized spacial score (nSPS) is 18.7. The van der Waals surface area contributed by atoms with Crippen molar-refractivity contribution < 1.29 is 9.59 Å². The van der Waals surface area contributed by atoms with Gasteiger partial charge in [-0.05, 0) is 12.2 Å². The molecule has 0 spiro atoms. The molecule has 1 aliphatic heterocycles. The van der Waals surface area contributed by atoms with Gasteiger partial charge in [-0.15, -0.1) is 0 Å². The number of H-pyrrole nitrogens is 1. The number of hydrogen-bond donors (Lipinski definition) is 3. The van der Waals surface area contributed by atoms with E-state index in [4.69, 9.17) is 5.84 Å². The van der Waals surface area contributed by atoms with E-state index in [1.54, 1.807) is 18.5 Å². The van der Waals surface area contributed by atoms with Crippen molar-refractivity contribution in [2.24, 2.45) is 5.84 Å². The predicted molar refractivity (Wildman–Crippen MR) is 78.4 cm³/mol. The number of amides is 2. The van der Waals surface area contributed by atoms with Gasteiger partial charge in [-0.3, -0.25) is 14.6 Å². The van der Waals surface area contributed by atoms with Crippen molar-refractivity contribution in [3.63, 3.8) is 0 Å². The first-order valence-corrected chi connectivity index (χ1v) is 6.57. The number of hydrogen-bond acceptors (Lipinski definition) is 4. The van der Waals surface area contributed by atoms with Crippen LogP contribution in [0.1, 0.15) is 32.2 Å². The van der Waals surface area contributed by atoms with Gasteiger partial charge in [0.05, 0.1) is 12.0 Å². The van der Waals surface area contributed by atoms with Crippen LogP contribution in [0.5, 0.6) is 0 Å². The van der Waals surface area contributed by atoms with Gasteiger partial charge in [0.1, 0.15) is 12.2 Å². The average molecular weight is 289 g/mol. The monoisotopic (exact) mass is 289 g/mol. The van der Waals surface area contributed by atoms with Crippen LogP contribution in [0.15, 0.2) is 24.2 Å². The zero-order valence-electron chi connectivity index (χ0n) is 12.3. The van der Waals surface area contributed by atoms with Gasteiger partial charge in [0.25, 0.3) is 5.91 Å². The molecule has 4 N–H and O–H groups in total. The maximum Gasteiger partial charge on any atom is 0.284 e. The first kappa shape index (κ1) is 15.0. The van der Waals surface area contributed by atoms with E-state index in [1.807, 2.05) is 0 Å². The Morgan fingerprint density at radius 1 is 1.38 bits per heavy atom. The Labute approximate surface area is 122 Å². The fraction of sp³-hybridized carbons (Fsp3) is 0.357. The Morgan fingerprint density at radius 2 is 2.10 bits per heavy atom. The lowest BCUT2D eigenvalue weighted by Gasteiger charge is -2.23. The zero-order chi connectivity index (χ0) is 15.6. The van der Waals surface area contributed by atoms with Gasteiger partial charge in [-0.25, -0.2) is 10.8 Å². The minimum atomic E-state index is -0.419. The molecule has 7 nitrogen and oxygen atoms in total. The van der Waals surface area contributed by atoms with E-state index in [1.165, 1.54) is 6.08 Å². The molecule has 2 amide bonds. The molecule has 7 heteroatoms. The summed E-state index contributed by atoms with van der Waals surface area (Å²) in [6.45, 7) is 6.10. The van der Waals surface area contributed by atoms with Gasteiger partial charge in [-0.2, -0.15) is 0 Å². The van der Waals surface area contributed by atoms with Crippen molar-refractivity contribution >= 4 is 17.9 Å². The summed E-state index contributed by atoms with van der Waals surface area (Å²) in [5.74, 6) is 4.72. The second-order valence-electron chi connectivity index (χ2n) is 5.83. The van der Waals surface area contributed by atoms with E-state index in [0.717, 1.165) is 16.4 Å². The van der Waals surface area contributed by atoms with Gasteiger partial charge in [0, 0.05) is 11.1 Å². The quantitative estimate of drug-likeness (QED) is 0.417. The number of nitrogens with two attached hydrogens (primary N) is 1. The van der Waals surface area contributed by atoms with Crippen LogP contribution in [-0.2, 0) is 15.0 Å². The lowest BCUT2D eigenvalue weighted by molar-refractivity contribution is -0.137. The van der Waals surface area contributed by atoms with Crippen LogP contribution in [0.2, 0.25) is 0 Å². The summed E-state index contributed by atoms with van der Waals surface area (Å²) in [4.78, 5) is 30.4. The SMILES string of the molecule is CC(C)(C)c1[nH]cnc1/C=C/C=C1\NC(=O)CN(N)C1=O. The number of carbonyl (C=O) groups excluding carboxylic acids is 2. The largest absolute Gasteiger partial charge is 0.348 e. The highest BCUT2D eigenvalue weighted by molar-refractivity contribution is 6.02. The number of nitrogens with zero attached hydrogens (tertiary/aromatic N) is 2. The highest BCUT2D eigenvalue weighted by Gasteiger charge is 2.25. The third-order valence-corrected chi connectivity index (χ3v) is 3.01. The van der Waals surface area contributed by atoms with E-state index < -0.39 is 5.91 Å². The third kappa shape index (κ3) is 3.38. The molecular formula is C14H19N5O2. The maximum atomic E-state index is 11.8. The molecule has 1 aliphatic rings. The summed E-state index contributed by atoms with van der Waals surface area (Å²) in [7, 11) is 0. The summed E-state index contributed by atoms with van der Waals surface area (Å²) >= 11 is 0. The second kappa shape index (κ2) is 5.53. The van der Waals surface area contributed by atoms with Gasteiger partial charge in [0.15, 0.2) is 0 Å². The van der Waals surface area contributed by atoms with E-state index >= 15 is 0 Å². The summed E-state index contributed by atoms with van der Waals surface area (Å²) in [5, 5.41) is 3.38. The molecule has 0 bridgehead atoms. The van der Waals surface area contributed by atoms with Crippen LogP contribution < -0.4 is 11.2 Å². The van der Waals surface area contributed by atoms with Crippen LogP contribution in [0, 0.1) is 0 Å². The molecule has 2 rings (SSSR count). The standard InChI is InChI=1S/C14H19N5O2/c1-14(2,3)12-9(16-8-17-12)5-4-6-10-13(21)19(15)7-11(20)18-10/h4-6,8H,7,15H2,1-3H3,(H,16,17)(H,18,20)/b5-4+,10-6-. The van der Waals surface area contributed by atoms with E-state index in [0.29, 0.717) is 0 Å². The van der Waals surface area contributed by atoms with Crippen molar-refractivity contribution in [1.82, 2.24) is 20.3 Å². The Morgan fingerprint density at radius 3 is 2.76 bits per heavy atom. The van der Waals surface area contributed by atoms with Crippen molar-refractivity contribution in [3.8, 4) is 0 Å². The number of nitrogens with one attached hydrogen (secondary N) is 2. The fourth-order valence-corrected chi connectivity index (χ4v) is 2.00. The Balaban J connectivity index is 2.19. The molecule has 1 aromatic heterocycles. The van der Waals surface area contributed by atoms with E-state index in [-0.39, 0.29) is 23.6 Å². The number of aromatic nitrogens is 2. The van der Waals surface area contributed by atoms with Crippen LogP contribution in [0.25, 0.3) is 6.08 Å². The second-order valence-corrected chi connectivity index (χ2v) is 5.83. The molecule has 1 fully saturated rings. The maximum absolute atomic E-state index is 11.8. The molecule has 1 saturated heterocycles. The minimum Gasteiger partial charge on any atom is -0.348 e. The van der Waals surface area contributed by atoms with Gasteiger partial charge < -0.3 is 10.3 Å². The summed E-state index contributed by atoms with van der Waals surface area (Å²) < 4.78 is 0. The summed E-state index contributed by atoms with van der Waals surface area (Å²) in [5.41, 5.74) is 1.87. The molecule has 0 radical (unpaired) electrons. The van der Waals surface area contributed by atoms with Gasteiger partial charge >= 0.3 is 0 Å². The van der Waals surface area contributed by atoms with Crippen molar-refractivity contribution in [3.05, 3.63) is 35.6 Å². The number of imidazole rings is 1. The Bertz CT molecular complexity index is 622. The van der Waals surface area contributed by atoms with Crippen LogP contribution in [0.3, 0.4) is 0 Å². The molecule has 0 unspecified atom stereocenters. The topological polar surface area (TPSA) is 104 Å². The summed E-state index contributed by atoms with van der Waals surface area (Å²) in [6, 6.07) is 0. The molecule has 112 valence electrons. The van der Waals surface area contributed by atoms with Gasteiger partial charge in [-0.1, -0.05) is 26.8 Å². The van der Waals surface area contributed by atoms with Crippen LogP contribution >= 0.6 is 0 Å². The highest BCUT2D eigenvalue weighted by atomic mass is 16.2. The number of hydrazine groups is 1. The van der Waals surface area contributed by atoms with E-state index in [9.17, 15) is 9.59 Å². The Hall–Kier alpha value is -2.41. The number of carbonyl (C=O) groups is 2. The van der Waals surface area contributed by atoms with Crippen molar-refractivity contribution in [2.45, 2.75) is 26.2 Å². The molecular weight excluding hydrogens is 270 g/mol. The fourth-order valence-electron chi connectivity index (χ4n) is 2.00. The molecule has 0 aliphatic carbocycles. The highest BCUT2D eigenvalue weighted by Crippen LogP contribution is 2.23. The van der Waals surface area contributed by atoms with Crippen LogP contribution in [0.4, 0.5) is 0 Å². The van der Waals surface area contributed by atoms with Crippen molar-refractivity contribution in [2.75, 3.05) is 6.54 Å². The lowest BCUT2D eigenvalue weighted by atomic mass is 9.90. The molecule has 21 heavy (non-hydrogen) atoms. The first-order valence-electron chi connectivity index (χ1n) is 6.57. The predicted octanol–water partition coefficient (Wildman–Crippen LogP) is 0.436. The smallest absolute Gasteiger partial charge is 0.284 e.